The van der Waals surface area contributed by atoms with Crippen molar-refractivity contribution in [2.24, 2.45) is 5.41 Å². The summed E-state index contributed by atoms with van der Waals surface area (Å²) in [6, 6.07) is 5.32. The van der Waals surface area contributed by atoms with Crippen molar-refractivity contribution in [1.82, 2.24) is 5.32 Å². The van der Waals surface area contributed by atoms with Crippen molar-refractivity contribution in [3.05, 3.63) is 32.4 Å². The summed E-state index contributed by atoms with van der Waals surface area (Å²) in [6.07, 6.45) is 1.95. The number of amides is 1. The molecule has 5 heteroatoms. The van der Waals surface area contributed by atoms with Crippen molar-refractivity contribution in [2.45, 2.75) is 26.7 Å². The van der Waals surface area contributed by atoms with Crippen LogP contribution in [-0.4, -0.2) is 18.3 Å². The van der Waals surface area contributed by atoms with Gasteiger partial charge in [0.05, 0.1) is 5.56 Å². The first-order valence-corrected chi connectivity index (χ1v) is 8.14. The molecule has 1 aromatic rings. The lowest BCUT2D eigenvalue weighted by Crippen LogP contribution is -2.34. The SMILES string of the molecule is CC(C)(CCCCl)CNC(=O)c1cc(Cl)ccc1I. The van der Waals surface area contributed by atoms with E-state index in [-0.39, 0.29) is 11.3 Å². The lowest BCUT2D eigenvalue weighted by Gasteiger charge is -2.24. The molecule has 0 unspecified atom stereocenters. The minimum Gasteiger partial charge on any atom is -0.351 e. The number of rotatable bonds is 6. The second-order valence-corrected chi connectivity index (χ2v) is 7.24. The zero-order valence-corrected chi connectivity index (χ0v) is 14.8. The Kier molecular flexibility index (Phi) is 6.91. The van der Waals surface area contributed by atoms with Gasteiger partial charge in [-0.2, -0.15) is 0 Å². The molecule has 0 fully saturated rings. The summed E-state index contributed by atoms with van der Waals surface area (Å²) in [6.45, 7) is 4.89. The molecule has 19 heavy (non-hydrogen) atoms. The van der Waals surface area contributed by atoms with Crippen LogP contribution in [0, 0.1) is 8.99 Å². The Hall–Kier alpha value is -0.000000000000000111. The van der Waals surface area contributed by atoms with Crippen LogP contribution in [0.4, 0.5) is 0 Å². The molecule has 0 atom stereocenters. The van der Waals surface area contributed by atoms with Crippen LogP contribution in [0.5, 0.6) is 0 Å². The first kappa shape index (κ1) is 17.1. The predicted octanol–water partition coefficient (Wildman–Crippen LogP) is 4.72. The Bertz CT molecular complexity index is 449. The molecule has 0 aliphatic rings. The lowest BCUT2D eigenvalue weighted by atomic mass is 9.88. The fraction of sp³-hybridized carbons (Fsp3) is 0.500. The summed E-state index contributed by atoms with van der Waals surface area (Å²) in [5.74, 6) is 0.578. The van der Waals surface area contributed by atoms with Gasteiger partial charge in [-0.15, -0.1) is 11.6 Å². The molecule has 0 saturated carbocycles. The molecule has 1 rings (SSSR count). The van der Waals surface area contributed by atoms with Crippen molar-refractivity contribution >= 4 is 51.7 Å². The van der Waals surface area contributed by atoms with Crippen LogP contribution < -0.4 is 5.32 Å². The van der Waals surface area contributed by atoms with Crippen LogP contribution in [0.3, 0.4) is 0 Å². The Labute approximate surface area is 138 Å². The maximum Gasteiger partial charge on any atom is 0.252 e. The largest absolute Gasteiger partial charge is 0.351 e. The summed E-state index contributed by atoms with van der Waals surface area (Å²) < 4.78 is 0.901. The number of halogens is 3. The average molecular weight is 414 g/mol. The predicted molar refractivity (Wildman–Crippen MR) is 90.2 cm³/mol. The molecule has 0 radical (unpaired) electrons. The molecule has 0 aliphatic heterocycles. The Balaban J connectivity index is 2.62. The third kappa shape index (κ3) is 5.88. The summed E-state index contributed by atoms with van der Waals surface area (Å²) in [4.78, 5) is 12.1. The third-order valence-corrected chi connectivity index (χ3v) is 4.33. The summed E-state index contributed by atoms with van der Waals surface area (Å²) >= 11 is 13.8. The third-order valence-electron chi connectivity index (χ3n) is 2.89. The summed E-state index contributed by atoms with van der Waals surface area (Å²) in [5.41, 5.74) is 0.676. The van der Waals surface area contributed by atoms with Crippen molar-refractivity contribution < 1.29 is 4.79 Å². The summed E-state index contributed by atoms with van der Waals surface area (Å²) in [7, 11) is 0. The highest BCUT2D eigenvalue weighted by molar-refractivity contribution is 14.1. The second-order valence-electron chi connectivity index (χ2n) is 5.26. The van der Waals surface area contributed by atoms with Crippen LogP contribution >= 0.6 is 45.8 Å². The van der Waals surface area contributed by atoms with Crippen LogP contribution in [0.2, 0.25) is 5.02 Å². The molecular formula is C14H18Cl2INO. The molecule has 2 nitrogen and oxygen atoms in total. The maximum absolute atomic E-state index is 12.1. The topological polar surface area (TPSA) is 29.1 Å². The molecule has 106 valence electrons. The van der Waals surface area contributed by atoms with Gasteiger partial charge in [-0.25, -0.2) is 0 Å². The van der Waals surface area contributed by atoms with E-state index in [1.165, 1.54) is 0 Å². The van der Waals surface area contributed by atoms with E-state index in [0.29, 0.717) is 23.0 Å². The van der Waals surface area contributed by atoms with Gasteiger partial charge >= 0.3 is 0 Å². The van der Waals surface area contributed by atoms with Crippen molar-refractivity contribution in [2.75, 3.05) is 12.4 Å². The van der Waals surface area contributed by atoms with Crippen LogP contribution in [0.25, 0.3) is 0 Å². The fourth-order valence-corrected chi connectivity index (χ4v) is 2.61. The molecule has 0 saturated heterocycles. The average Bonchev–Trinajstić information content (AvgIpc) is 2.36. The zero-order valence-electron chi connectivity index (χ0n) is 11.1. The van der Waals surface area contributed by atoms with E-state index in [4.69, 9.17) is 23.2 Å². The molecule has 0 spiro atoms. The van der Waals surface area contributed by atoms with Gasteiger partial charge in [0.25, 0.3) is 5.91 Å². The number of carbonyl (C=O) groups is 1. The number of nitrogens with one attached hydrogen (secondary N) is 1. The molecule has 1 amide bonds. The first-order chi connectivity index (χ1) is 8.85. The van der Waals surface area contributed by atoms with E-state index in [1.54, 1.807) is 12.1 Å². The van der Waals surface area contributed by atoms with Gasteiger partial charge in [0.1, 0.15) is 0 Å². The normalized spacial score (nSPS) is 11.4. The molecule has 1 N–H and O–H groups in total. The van der Waals surface area contributed by atoms with Gasteiger partial charge in [-0.1, -0.05) is 25.4 Å². The van der Waals surface area contributed by atoms with Crippen molar-refractivity contribution in [3.63, 3.8) is 0 Å². The van der Waals surface area contributed by atoms with Gasteiger partial charge in [0, 0.05) is 21.0 Å². The number of hydrogen-bond acceptors (Lipinski definition) is 1. The quantitative estimate of drug-likeness (QED) is 0.530. The monoisotopic (exact) mass is 413 g/mol. The second kappa shape index (κ2) is 7.70. The number of benzene rings is 1. The highest BCUT2D eigenvalue weighted by Crippen LogP contribution is 2.22. The molecule has 0 bridgehead atoms. The van der Waals surface area contributed by atoms with E-state index < -0.39 is 0 Å². The van der Waals surface area contributed by atoms with Gasteiger partial charge in [-0.05, 0) is 59.0 Å². The smallest absolute Gasteiger partial charge is 0.252 e. The Morgan fingerprint density at radius 1 is 1.42 bits per heavy atom. The Morgan fingerprint density at radius 2 is 2.11 bits per heavy atom. The van der Waals surface area contributed by atoms with Crippen LogP contribution in [0.1, 0.15) is 37.0 Å². The Morgan fingerprint density at radius 3 is 2.74 bits per heavy atom. The molecular weight excluding hydrogens is 396 g/mol. The molecule has 1 aromatic carbocycles. The summed E-state index contributed by atoms with van der Waals surface area (Å²) in [5, 5.41) is 3.55. The zero-order chi connectivity index (χ0) is 14.5. The van der Waals surface area contributed by atoms with Gasteiger partial charge in [-0.3, -0.25) is 4.79 Å². The number of carbonyl (C=O) groups excluding carboxylic acids is 1. The molecule has 0 heterocycles. The first-order valence-electron chi connectivity index (χ1n) is 6.15. The van der Waals surface area contributed by atoms with E-state index in [1.807, 2.05) is 6.07 Å². The molecule has 0 aliphatic carbocycles. The van der Waals surface area contributed by atoms with E-state index in [9.17, 15) is 4.79 Å². The lowest BCUT2D eigenvalue weighted by molar-refractivity contribution is 0.0933. The van der Waals surface area contributed by atoms with Crippen LogP contribution in [-0.2, 0) is 0 Å². The fourth-order valence-electron chi connectivity index (χ4n) is 1.72. The highest BCUT2D eigenvalue weighted by atomic mass is 127. The van der Waals surface area contributed by atoms with Gasteiger partial charge in [0.2, 0.25) is 0 Å². The van der Waals surface area contributed by atoms with E-state index in [2.05, 4.69) is 41.8 Å². The van der Waals surface area contributed by atoms with Gasteiger partial charge < -0.3 is 5.32 Å². The molecule has 0 aromatic heterocycles. The minimum atomic E-state index is -0.0779. The van der Waals surface area contributed by atoms with E-state index in [0.717, 1.165) is 16.4 Å². The standard InChI is InChI=1S/C14H18Cl2INO/c1-14(2,6-3-7-15)9-18-13(19)11-8-10(16)4-5-12(11)17/h4-5,8H,3,6-7,9H2,1-2H3,(H,18,19). The minimum absolute atomic E-state index is 0.0502. The maximum atomic E-state index is 12.1. The highest BCUT2D eigenvalue weighted by Gasteiger charge is 2.19. The number of hydrogen-bond donors (Lipinski definition) is 1. The van der Waals surface area contributed by atoms with Gasteiger partial charge in [0.15, 0.2) is 0 Å². The van der Waals surface area contributed by atoms with Crippen molar-refractivity contribution in [1.29, 1.82) is 0 Å². The van der Waals surface area contributed by atoms with E-state index >= 15 is 0 Å². The number of alkyl halides is 1. The van der Waals surface area contributed by atoms with Crippen molar-refractivity contribution in [3.8, 4) is 0 Å². The van der Waals surface area contributed by atoms with Crippen LogP contribution in [0.15, 0.2) is 18.2 Å².